The minimum atomic E-state index is -0.749. The molecule has 0 aliphatic heterocycles. The second-order valence-electron chi connectivity index (χ2n) is 6.09. The Morgan fingerprint density at radius 2 is 1.93 bits per heavy atom. The predicted molar refractivity (Wildman–Crippen MR) is 116 cm³/mol. The van der Waals surface area contributed by atoms with E-state index in [9.17, 15) is 14.9 Å². The number of carbonyl (C=O) groups is 1. The van der Waals surface area contributed by atoms with E-state index in [1.807, 2.05) is 48.5 Å². The molecule has 0 atom stereocenters. The summed E-state index contributed by atoms with van der Waals surface area (Å²) in [4.78, 5) is 23.2. The molecule has 1 N–H and O–H groups in total. The van der Waals surface area contributed by atoms with Crippen LogP contribution in [0.1, 0.15) is 28.5 Å². The van der Waals surface area contributed by atoms with Crippen molar-refractivity contribution in [3.63, 3.8) is 0 Å². The van der Waals surface area contributed by atoms with Gasteiger partial charge in [-0.15, -0.1) is 0 Å². The highest BCUT2D eigenvalue weighted by atomic mass is 79.9. The van der Waals surface area contributed by atoms with Crippen molar-refractivity contribution >= 4 is 49.2 Å². The summed E-state index contributed by atoms with van der Waals surface area (Å²) < 4.78 is 3.16. The van der Waals surface area contributed by atoms with Gasteiger partial charge in [-0.3, -0.25) is 19.6 Å². The lowest BCUT2D eigenvalue weighted by Crippen LogP contribution is -2.21. The molecule has 0 bridgehead atoms. The van der Waals surface area contributed by atoms with Gasteiger partial charge >= 0.3 is 5.69 Å². The van der Waals surface area contributed by atoms with E-state index in [4.69, 9.17) is 0 Å². The number of rotatable bonds is 6. The van der Waals surface area contributed by atoms with E-state index in [0.717, 1.165) is 20.1 Å². The lowest BCUT2D eigenvalue weighted by molar-refractivity contribution is -0.385. The van der Waals surface area contributed by atoms with Crippen molar-refractivity contribution in [2.45, 2.75) is 13.5 Å². The number of nitrogens with zero attached hydrogens (tertiary/aromatic N) is 4. The van der Waals surface area contributed by atoms with Gasteiger partial charge in [0.05, 0.1) is 17.2 Å². The minimum Gasteiger partial charge on any atom is -0.265 e. The summed E-state index contributed by atoms with van der Waals surface area (Å²) in [5, 5.41) is 19.5. The van der Waals surface area contributed by atoms with E-state index in [0.29, 0.717) is 5.71 Å². The number of nitro groups is 1. The zero-order valence-corrected chi connectivity index (χ0v) is 18.3. The molecule has 10 heteroatoms. The number of halogens is 2. The van der Waals surface area contributed by atoms with Gasteiger partial charge in [-0.1, -0.05) is 56.1 Å². The van der Waals surface area contributed by atoms with Crippen molar-refractivity contribution in [3.05, 3.63) is 90.6 Å². The summed E-state index contributed by atoms with van der Waals surface area (Å²) >= 11 is 6.73. The molecule has 0 saturated heterocycles. The molecule has 1 amide bonds. The van der Waals surface area contributed by atoms with Crippen LogP contribution in [0.25, 0.3) is 0 Å². The first kappa shape index (κ1) is 20.9. The molecule has 0 unspecified atom stereocenters. The number of aromatic nitrogens is 2. The molecule has 1 heterocycles. The molecular weight excluding hydrogens is 506 g/mol. The largest absolute Gasteiger partial charge is 0.320 e. The highest BCUT2D eigenvalue weighted by molar-refractivity contribution is 9.10. The van der Waals surface area contributed by atoms with E-state index in [1.54, 1.807) is 6.92 Å². The van der Waals surface area contributed by atoms with E-state index in [-0.39, 0.29) is 17.9 Å². The second kappa shape index (κ2) is 9.10. The Bertz CT molecular complexity index is 1090. The van der Waals surface area contributed by atoms with Crippen LogP contribution in [-0.4, -0.2) is 26.3 Å². The lowest BCUT2D eigenvalue weighted by Gasteiger charge is -2.03. The normalized spacial score (nSPS) is 11.3. The predicted octanol–water partition coefficient (Wildman–Crippen LogP) is 4.52. The second-order valence-corrected chi connectivity index (χ2v) is 7.92. The molecule has 1 aromatic heterocycles. The topological polar surface area (TPSA) is 102 Å². The fraction of sp³-hybridized carbons (Fsp3) is 0.105. The number of hydrogen-bond donors (Lipinski definition) is 1. The average Bonchev–Trinajstić information content (AvgIpc) is 3.10. The van der Waals surface area contributed by atoms with Crippen LogP contribution in [0.4, 0.5) is 5.69 Å². The van der Waals surface area contributed by atoms with Gasteiger partial charge in [0.25, 0.3) is 5.91 Å². The SMILES string of the molecule is C/C(=N\NC(=O)c1nn(Cc2cccc(Br)c2)cc1[N+](=O)[O-])c1ccc(Br)cc1. The van der Waals surface area contributed by atoms with Gasteiger partial charge in [-0.2, -0.15) is 10.2 Å². The molecule has 0 saturated carbocycles. The van der Waals surface area contributed by atoms with Gasteiger partial charge in [0.15, 0.2) is 0 Å². The molecule has 0 aliphatic rings. The van der Waals surface area contributed by atoms with Crippen molar-refractivity contribution in [2.24, 2.45) is 5.10 Å². The maximum absolute atomic E-state index is 12.5. The van der Waals surface area contributed by atoms with Crippen LogP contribution < -0.4 is 5.43 Å². The Morgan fingerprint density at radius 1 is 1.21 bits per heavy atom. The molecular formula is C19H15Br2N5O3. The summed E-state index contributed by atoms with van der Waals surface area (Å²) in [6.45, 7) is 2.01. The van der Waals surface area contributed by atoms with Crippen LogP contribution in [0.3, 0.4) is 0 Å². The van der Waals surface area contributed by atoms with Crippen LogP contribution in [0, 0.1) is 10.1 Å². The van der Waals surface area contributed by atoms with Crippen LogP contribution >= 0.6 is 31.9 Å². The van der Waals surface area contributed by atoms with Gasteiger partial charge in [0.2, 0.25) is 5.69 Å². The van der Waals surface area contributed by atoms with E-state index in [2.05, 4.69) is 47.5 Å². The maximum Gasteiger partial charge on any atom is 0.320 e. The van der Waals surface area contributed by atoms with Crippen molar-refractivity contribution in [1.82, 2.24) is 15.2 Å². The lowest BCUT2D eigenvalue weighted by atomic mass is 10.1. The Balaban J connectivity index is 1.80. The first-order valence-electron chi connectivity index (χ1n) is 8.40. The molecule has 0 aliphatic carbocycles. The monoisotopic (exact) mass is 519 g/mol. The highest BCUT2D eigenvalue weighted by Gasteiger charge is 2.25. The fourth-order valence-corrected chi connectivity index (χ4v) is 3.26. The summed E-state index contributed by atoms with van der Waals surface area (Å²) in [5.41, 5.74) is 3.92. The Labute approximate surface area is 183 Å². The molecule has 0 spiro atoms. The Kier molecular flexibility index (Phi) is 6.55. The summed E-state index contributed by atoms with van der Waals surface area (Å²) in [7, 11) is 0. The summed E-state index contributed by atoms with van der Waals surface area (Å²) in [6.07, 6.45) is 1.24. The molecule has 8 nitrogen and oxygen atoms in total. The summed E-state index contributed by atoms with van der Waals surface area (Å²) in [6, 6.07) is 14.8. The van der Waals surface area contributed by atoms with Gasteiger partial charge in [-0.05, 0) is 42.3 Å². The first-order valence-corrected chi connectivity index (χ1v) is 9.99. The van der Waals surface area contributed by atoms with Crippen molar-refractivity contribution in [2.75, 3.05) is 0 Å². The average molecular weight is 521 g/mol. The zero-order chi connectivity index (χ0) is 21.0. The number of benzene rings is 2. The number of hydrogen-bond acceptors (Lipinski definition) is 5. The molecule has 0 fully saturated rings. The third-order valence-electron chi connectivity index (χ3n) is 3.97. The van der Waals surface area contributed by atoms with E-state index < -0.39 is 10.8 Å². The van der Waals surface area contributed by atoms with Crippen molar-refractivity contribution < 1.29 is 9.72 Å². The molecule has 2 aromatic carbocycles. The molecule has 29 heavy (non-hydrogen) atoms. The summed E-state index contributed by atoms with van der Waals surface area (Å²) in [5.74, 6) is -0.749. The van der Waals surface area contributed by atoms with E-state index in [1.165, 1.54) is 10.9 Å². The maximum atomic E-state index is 12.5. The number of nitrogens with one attached hydrogen (secondary N) is 1. The van der Waals surface area contributed by atoms with E-state index >= 15 is 0 Å². The first-order chi connectivity index (χ1) is 13.8. The standard InChI is InChI=1S/C19H15Br2N5O3/c1-12(14-5-7-15(20)8-6-14)22-23-19(27)18-17(26(28)29)11-25(24-18)10-13-3-2-4-16(21)9-13/h2-9,11H,10H2,1H3,(H,23,27)/b22-12+. The van der Waals surface area contributed by atoms with Crippen LogP contribution in [0.15, 0.2) is 68.8 Å². The number of amides is 1. The van der Waals surface area contributed by atoms with Gasteiger partial charge in [0, 0.05) is 8.95 Å². The van der Waals surface area contributed by atoms with Crippen LogP contribution in [0.5, 0.6) is 0 Å². The molecule has 148 valence electrons. The Hall–Kier alpha value is -2.85. The minimum absolute atomic E-state index is 0.286. The third kappa shape index (κ3) is 5.36. The number of hydrazone groups is 1. The smallest absolute Gasteiger partial charge is 0.265 e. The number of carbonyl (C=O) groups excluding carboxylic acids is 1. The van der Waals surface area contributed by atoms with Crippen LogP contribution in [0.2, 0.25) is 0 Å². The highest BCUT2D eigenvalue weighted by Crippen LogP contribution is 2.19. The molecule has 0 radical (unpaired) electrons. The van der Waals surface area contributed by atoms with Gasteiger partial charge in [0.1, 0.15) is 6.20 Å². The van der Waals surface area contributed by atoms with Crippen LogP contribution in [-0.2, 0) is 6.54 Å². The fourth-order valence-electron chi connectivity index (χ4n) is 2.55. The quantitative estimate of drug-likeness (QED) is 0.293. The Morgan fingerprint density at radius 3 is 2.59 bits per heavy atom. The van der Waals surface area contributed by atoms with Crippen molar-refractivity contribution in [1.29, 1.82) is 0 Å². The van der Waals surface area contributed by atoms with Gasteiger partial charge < -0.3 is 0 Å². The molecule has 3 rings (SSSR count). The molecule has 3 aromatic rings. The van der Waals surface area contributed by atoms with Crippen molar-refractivity contribution in [3.8, 4) is 0 Å². The third-order valence-corrected chi connectivity index (χ3v) is 5.00. The van der Waals surface area contributed by atoms with Gasteiger partial charge in [-0.25, -0.2) is 5.43 Å². The zero-order valence-electron chi connectivity index (χ0n) is 15.2.